The first kappa shape index (κ1) is 16.6. The van der Waals surface area contributed by atoms with Crippen LogP contribution in [0.2, 0.25) is 0 Å². The van der Waals surface area contributed by atoms with E-state index in [4.69, 9.17) is 4.74 Å². The van der Waals surface area contributed by atoms with E-state index < -0.39 is 5.97 Å². The monoisotopic (exact) mass is 308 g/mol. The summed E-state index contributed by atoms with van der Waals surface area (Å²) in [6, 6.07) is 0. The van der Waals surface area contributed by atoms with Gasteiger partial charge < -0.3 is 19.6 Å². The lowest BCUT2D eigenvalue weighted by molar-refractivity contribution is 0.0690. The quantitative estimate of drug-likeness (QED) is 0.804. The molecule has 0 spiro atoms. The second-order valence-electron chi connectivity index (χ2n) is 5.72. The van der Waals surface area contributed by atoms with Gasteiger partial charge in [0.15, 0.2) is 11.5 Å². The predicted molar refractivity (Wildman–Crippen MR) is 83.3 cm³/mol. The van der Waals surface area contributed by atoms with Gasteiger partial charge in [-0.15, -0.1) is 0 Å². The summed E-state index contributed by atoms with van der Waals surface area (Å²) >= 11 is 0. The predicted octanol–water partition coefficient (Wildman–Crippen LogP) is 0.969. The number of piperidine rings is 1. The zero-order chi connectivity index (χ0) is 15.9. The number of methoxy groups -OCH3 is 1. The number of carboxylic acids is 1. The van der Waals surface area contributed by atoms with Crippen molar-refractivity contribution in [2.45, 2.75) is 12.8 Å². The normalized spacial score (nSPS) is 19.1. The second-order valence-corrected chi connectivity index (χ2v) is 5.72. The van der Waals surface area contributed by atoms with Gasteiger partial charge in [-0.2, -0.15) is 0 Å². The summed E-state index contributed by atoms with van der Waals surface area (Å²) < 4.78 is 5.14. The number of rotatable bonds is 7. The zero-order valence-electron chi connectivity index (χ0n) is 13.2. The van der Waals surface area contributed by atoms with E-state index in [1.165, 1.54) is 12.4 Å². The molecule has 1 fully saturated rings. The van der Waals surface area contributed by atoms with Crippen molar-refractivity contribution < 1.29 is 14.6 Å². The first-order chi connectivity index (χ1) is 10.6. The third-order valence-electron chi connectivity index (χ3n) is 3.99. The van der Waals surface area contributed by atoms with Gasteiger partial charge in [-0.25, -0.2) is 14.8 Å². The summed E-state index contributed by atoms with van der Waals surface area (Å²) in [6.45, 7) is 4.59. The SMILES string of the molecule is COCCN1CCCC(CN(C)c2nccnc2C(=O)O)C1. The van der Waals surface area contributed by atoms with Crippen LogP contribution in [-0.4, -0.2) is 72.9 Å². The summed E-state index contributed by atoms with van der Waals surface area (Å²) in [4.78, 5) is 23.6. The average Bonchev–Trinajstić information content (AvgIpc) is 2.53. The molecule has 1 N–H and O–H groups in total. The van der Waals surface area contributed by atoms with E-state index in [1.807, 2.05) is 11.9 Å². The lowest BCUT2D eigenvalue weighted by Crippen LogP contribution is -2.41. The van der Waals surface area contributed by atoms with E-state index in [-0.39, 0.29) is 5.69 Å². The number of hydrogen-bond acceptors (Lipinski definition) is 6. The van der Waals surface area contributed by atoms with Crippen LogP contribution in [0.25, 0.3) is 0 Å². The molecule has 7 heteroatoms. The Morgan fingerprint density at radius 1 is 1.50 bits per heavy atom. The third-order valence-corrected chi connectivity index (χ3v) is 3.99. The summed E-state index contributed by atoms with van der Waals surface area (Å²) in [6.07, 6.45) is 5.25. The molecule has 1 aliphatic rings. The van der Waals surface area contributed by atoms with Crippen LogP contribution in [0, 0.1) is 5.92 Å². The first-order valence-corrected chi connectivity index (χ1v) is 7.58. The van der Waals surface area contributed by atoms with Crippen LogP contribution in [0.5, 0.6) is 0 Å². The van der Waals surface area contributed by atoms with Gasteiger partial charge in [0.25, 0.3) is 0 Å². The van der Waals surface area contributed by atoms with Gasteiger partial charge in [0, 0.05) is 46.2 Å². The number of nitrogens with zero attached hydrogens (tertiary/aromatic N) is 4. The number of carboxylic acid groups (broad SMARTS) is 1. The number of aromatic nitrogens is 2. The molecular formula is C15H24N4O3. The Balaban J connectivity index is 1.96. The lowest BCUT2D eigenvalue weighted by Gasteiger charge is -2.34. The molecule has 1 aromatic heterocycles. The van der Waals surface area contributed by atoms with Crippen LogP contribution in [0.4, 0.5) is 5.82 Å². The van der Waals surface area contributed by atoms with E-state index >= 15 is 0 Å². The molecule has 0 radical (unpaired) electrons. The van der Waals surface area contributed by atoms with E-state index in [9.17, 15) is 9.90 Å². The Hall–Kier alpha value is -1.73. The fraction of sp³-hybridized carbons (Fsp3) is 0.667. The number of aromatic carboxylic acids is 1. The molecule has 7 nitrogen and oxygen atoms in total. The Morgan fingerprint density at radius 2 is 2.27 bits per heavy atom. The van der Waals surface area contributed by atoms with Crippen molar-refractivity contribution in [2.24, 2.45) is 5.92 Å². The highest BCUT2D eigenvalue weighted by atomic mass is 16.5. The summed E-state index contributed by atoms with van der Waals surface area (Å²) in [5.41, 5.74) is 0.0112. The number of likely N-dealkylation sites (tertiary alicyclic amines) is 1. The molecule has 0 aliphatic carbocycles. The van der Waals surface area contributed by atoms with Gasteiger partial charge in [-0.3, -0.25) is 0 Å². The molecule has 0 bridgehead atoms. The largest absolute Gasteiger partial charge is 0.476 e. The number of ether oxygens (including phenoxy) is 1. The highest BCUT2D eigenvalue weighted by molar-refractivity contribution is 5.90. The standard InChI is InChI=1S/C15H24N4O3/c1-18(14-13(15(20)21)16-5-6-17-14)10-12-4-3-7-19(11-12)8-9-22-2/h5-6,12H,3-4,7-11H2,1-2H3,(H,20,21). The Kier molecular flexibility index (Phi) is 6.09. The first-order valence-electron chi connectivity index (χ1n) is 7.58. The summed E-state index contributed by atoms with van der Waals surface area (Å²) in [5.74, 6) is -0.108. The highest BCUT2D eigenvalue weighted by Crippen LogP contribution is 2.20. The topological polar surface area (TPSA) is 78.8 Å². The van der Waals surface area contributed by atoms with E-state index in [1.54, 1.807) is 7.11 Å². The number of carbonyl (C=O) groups is 1. The van der Waals surface area contributed by atoms with Crippen LogP contribution in [0.3, 0.4) is 0 Å². The van der Waals surface area contributed by atoms with Crippen LogP contribution in [0.15, 0.2) is 12.4 Å². The maximum atomic E-state index is 11.2. The van der Waals surface area contributed by atoms with Gasteiger partial charge in [0.2, 0.25) is 0 Å². The van der Waals surface area contributed by atoms with E-state index in [0.717, 1.165) is 45.6 Å². The number of hydrogen-bond donors (Lipinski definition) is 1. The molecule has 0 amide bonds. The van der Waals surface area contributed by atoms with Crippen LogP contribution >= 0.6 is 0 Å². The molecule has 1 atom stereocenters. The Morgan fingerprint density at radius 3 is 3.00 bits per heavy atom. The fourth-order valence-electron chi connectivity index (χ4n) is 2.96. The van der Waals surface area contributed by atoms with Gasteiger partial charge >= 0.3 is 5.97 Å². The van der Waals surface area contributed by atoms with Gasteiger partial charge in [-0.1, -0.05) is 0 Å². The molecule has 2 heterocycles. The fourth-order valence-corrected chi connectivity index (χ4v) is 2.96. The smallest absolute Gasteiger partial charge is 0.358 e. The summed E-state index contributed by atoms with van der Waals surface area (Å²) in [7, 11) is 3.60. The van der Waals surface area contributed by atoms with Crippen molar-refractivity contribution in [1.29, 1.82) is 0 Å². The van der Waals surface area contributed by atoms with Crippen LogP contribution in [-0.2, 0) is 4.74 Å². The molecular weight excluding hydrogens is 284 g/mol. The van der Waals surface area contributed by atoms with Crippen molar-refractivity contribution in [3.8, 4) is 0 Å². The molecule has 22 heavy (non-hydrogen) atoms. The van der Waals surface area contributed by atoms with Gasteiger partial charge in [-0.05, 0) is 25.3 Å². The molecule has 1 aliphatic heterocycles. The molecule has 1 saturated heterocycles. The molecule has 1 aromatic rings. The third kappa shape index (κ3) is 4.38. The average molecular weight is 308 g/mol. The Labute approximate surface area is 130 Å². The molecule has 0 saturated carbocycles. The van der Waals surface area contributed by atoms with E-state index in [0.29, 0.717) is 11.7 Å². The maximum absolute atomic E-state index is 11.2. The minimum Gasteiger partial charge on any atom is -0.476 e. The van der Waals surface area contributed by atoms with Crippen molar-refractivity contribution >= 4 is 11.8 Å². The van der Waals surface area contributed by atoms with Gasteiger partial charge in [0.05, 0.1) is 6.61 Å². The van der Waals surface area contributed by atoms with Gasteiger partial charge in [0.1, 0.15) is 0 Å². The van der Waals surface area contributed by atoms with Crippen molar-refractivity contribution in [3.63, 3.8) is 0 Å². The molecule has 2 rings (SSSR count). The number of anilines is 1. The van der Waals surface area contributed by atoms with E-state index in [2.05, 4.69) is 14.9 Å². The minimum atomic E-state index is -1.04. The highest BCUT2D eigenvalue weighted by Gasteiger charge is 2.23. The molecule has 122 valence electrons. The van der Waals surface area contributed by atoms with Crippen molar-refractivity contribution in [1.82, 2.24) is 14.9 Å². The lowest BCUT2D eigenvalue weighted by atomic mass is 9.97. The molecule has 1 unspecified atom stereocenters. The minimum absolute atomic E-state index is 0.0112. The maximum Gasteiger partial charge on any atom is 0.358 e. The van der Waals surface area contributed by atoms with Crippen LogP contribution < -0.4 is 4.90 Å². The van der Waals surface area contributed by atoms with Crippen LogP contribution in [0.1, 0.15) is 23.3 Å². The zero-order valence-corrected chi connectivity index (χ0v) is 13.2. The Bertz CT molecular complexity index is 497. The summed E-state index contributed by atoms with van der Waals surface area (Å²) in [5, 5.41) is 9.21. The van der Waals surface area contributed by atoms with Crippen molar-refractivity contribution in [3.05, 3.63) is 18.1 Å². The van der Waals surface area contributed by atoms with Crippen molar-refractivity contribution in [2.75, 3.05) is 51.8 Å². The second kappa shape index (κ2) is 8.05. The molecule has 0 aromatic carbocycles.